The molecule has 3 atom stereocenters. The van der Waals surface area contributed by atoms with Crippen molar-refractivity contribution in [3.05, 3.63) is 71.8 Å². The molecule has 0 aromatic heterocycles. The Morgan fingerprint density at radius 2 is 1.56 bits per heavy atom. The first-order valence-electron chi connectivity index (χ1n) is 13.2. The van der Waals surface area contributed by atoms with Gasteiger partial charge in [0.1, 0.15) is 18.7 Å². The molecule has 2 aromatic rings. The zero-order valence-electron chi connectivity index (χ0n) is 22.9. The van der Waals surface area contributed by atoms with Gasteiger partial charge in [0.25, 0.3) is 0 Å². The van der Waals surface area contributed by atoms with E-state index in [1.807, 2.05) is 67.6 Å². The van der Waals surface area contributed by atoms with Crippen molar-refractivity contribution in [1.29, 1.82) is 0 Å². The fourth-order valence-electron chi connectivity index (χ4n) is 4.15. The number of hydrogen-bond donors (Lipinski definition) is 4. The number of rotatable bonds is 16. The van der Waals surface area contributed by atoms with Crippen LogP contribution in [0.4, 0.5) is 4.79 Å². The summed E-state index contributed by atoms with van der Waals surface area (Å²) in [5.74, 6) is -1.89. The molecule has 4 N–H and O–H groups in total. The van der Waals surface area contributed by atoms with Crippen molar-refractivity contribution >= 4 is 25.0 Å². The van der Waals surface area contributed by atoms with Gasteiger partial charge < -0.3 is 35.1 Å². The quantitative estimate of drug-likeness (QED) is 0.189. The van der Waals surface area contributed by atoms with Crippen LogP contribution in [0.1, 0.15) is 43.7 Å². The second-order valence-corrected chi connectivity index (χ2v) is 9.37. The Balaban J connectivity index is 2.16. The number of nitrogens with zero attached hydrogens (tertiary/aromatic N) is 1. The summed E-state index contributed by atoms with van der Waals surface area (Å²) in [5.41, 5.74) is 1.63. The number of benzene rings is 2. The number of nitrogens with one attached hydrogen (secondary N) is 2. The van der Waals surface area contributed by atoms with Crippen molar-refractivity contribution in [3.63, 3.8) is 0 Å². The van der Waals surface area contributed by atoms with Crippen LogP contribution in [0.5, 0.6) is 0 Å². The molecule has 212 valence electrons. The highest BCUT2D eigenvalue weighted by Gasteiger charge is 2.34. The molecule has 0 aliphatic rings. The first-order valence-corrected chi connectivity index (χ1v) is 13.2. The van der Waals surface area contributed by atoms with Crippen molar-refractivity contribution in [2.24, 2.45) is 0 Å². The topological polar surface area (TPSA) is 137 Å². The fraction of sp³-hybridized carbons (Fsp3) is 0.464. The summed E-state index contributed by atoms with van der Waals surface area (Å²) < 4.78 is 10.3. The van der Waals surface area contributed by atoms with E-state index in [9.17, 15) is 24.4 Å². The lowest BCUT2D eigenvalue weighted by molar-refractivity contribution is -0.140. The molecule has 0 fully saturated rings. The number of carbonyl (C=O) groups is 3. The van der Waals surface area contributed by atoms with E-state index in [2.05, 4.69) is 10.6 Å². The van der Waals surface area contributed by atoms with E-state index in [1.54, 1.807) is 0 Å². The standard InChI is InChI=1S/C28H40BN3O7/c1-4-12-24(26(33)31-25(29(36)37)17-11-18-38-3)32(2)27(34)23(19-21-13-7-5-8-14-21)30-28(35)39-20-22-15-9-6-10-16-22/h5-10,13-16,23-25,36-37H,4,11-12,17-20H2,1-3H3,(H,30,35)(H,31,33)/t23-,24+,25+/m1/s1. The van der Waals surface area contributed by atoms with Crippen LogP contribution in [0.3, 0.4) is 0 Å². The Bertz CT molecular complexity index is 1010. The van der Waals surface area contributed by atoms with Crippen LogP contribution in [0.25, 0.3) is 0 Å². The Morgan fingerprint density at radius 3 is 2.13 bits per heavy atom. The van der Waals surface area contributed by atoms with Crippen LogP contribution in [0, 0.1) is 0 Å². The molecule has 11 heteroatoms. The number of carbonyl (C=O) groups excluding carboxylic acids is 3. The van der Waals surface area contributed by atoms with Crippen LogP contribution in [-0.4, -0.2) is 78.8 Å². The lowest BCUT2D eigenvalue weighted by Crippen LogP contribution is -2.57. The van der Waals surface area contributed by atoms with E-state index in [0.29, 0.717) is 32.3 Å². The Morgan fingerprint density at radius 1 is 0.949 bits per heavy atom. The van der Waals surface area contributed by atoms with Crippen molar-refractivity contribution in [2.75, 3.05) is 20.8 Å². The zero-order chi connectivity index (χ0) is 28.6. The summed E-state index contributed by atoms with van der Waals surface area (Å²) in [6.07, 6.45) is 1.19. The molecule has 0 aliphatic heterocycles. The molecule has 0 saturated carbocycles. The minimum absolute atomic E-state index is 0.0452. The average molecular weight is 541 g/mol. The zero-order valence-corrected chi connectivity index (χ0v) is 22.9. The molecule has 0 bridgehead atoms. The maximum Gasteiger partial charge on any atom is 0.475 e. The maximum atomic E-state index is 13.7. The fourth-order valence-corrected chi connectivity index (χ4v) is 4.15. The summed E-state index contributed by atoms with van der Waals surface area (Å²) in [5, 5.41) is 24.9. The Kier molecular flexibility index (Phi) is 14.1. The Labute approximate surface area is 230 Å². The van der Waals surface area contributed by atoms with Gasteiger partial charge in [-0.3, -0.25) is 9.59 Å². The van der Waals surface area contributed by atoms with E-state index >= 15 is 0 Å². The van der Waals surface area contributed by atoms with Gasteiger partial charge in [-0.1, -0.05) is 74.0 Å². The van der Waals surface area contributed by atoms with Gasteiger partial charge in [0.15, 0.2) is 0 Å². The van der Waals surface area contributed by atoms with Crippen molar-refractivity contribution in [2.45, 2.75) is 63.7 Å². The molecule has 2 rings (SSSR count). The van der Waals surface area contributed by atoms with Crippen molar-refractivity contribution < 1.29 is 33.9 Å². The van der Waals surface area contributed by atoms with E-state index in [-0.39, 0.29) is 13.0 Å². The molecule has 0 aliphatic carbocycles. The third-order valence-corrected chi connectivity index (χ3v) is 6.32. The minimum Gasteiger partial charge on any atom is -0.445 e. The lowest BCUT2D eigenvalue weighted by atomic mass is 9.76. The maximum absolute atomic E-state index is 13.7. The van der Waals surface area contributed by atoms with Crippen molar-refractivity contribution in [3.8, 4) is 0 Å². The molecule has 10 nitrogen and oxygen atoms in total. The predicted molar refractivity (Wildman–Crippen MR) is 148 cm³/mol. The van der Waals surface area contributed by atoms with Gasteiger partial charge in [-0.05, 0) is 30.4 Å². The summed E-state index contributed by atoms with van der Waals surface area (Å²) >= 11 is 0. The van der Waals surface area contributed by atoms with Crippen molar-refractivity contribution in [1.82, 2.24) is 15.5 Å². The lowest BCUT2D eigenvalue weighted by Gasteiger charge is -2.32. The third kappa shape index (κ3) is 11.1. The number of likely N-dealkylation sites (N-methyl/N-ethyl adjacent to an activating group) is 1. The van der Waals surface area contributed by atoms with Gasteiger partial charge in [0, 0.05) is 27.2 Å². The molecular weight excluding hydrogens is 501 g/mol. The molecule has 0 heterocycles. The number of hydrogen-bond acceptors (Lipinski definition) is 7. The van der Waals surface area contributed by atoms with E-state index in [1.165, 1.54) is 19.1 Å². The first-order chi connectivity index (χ1) is 18.8. The normalized spacial score (nSPS) is 13.1. The number of alkyl carbamates (subject to hydrolysis) is 1. The molecular formula is C28H40BN3O7. The van der Waals surface area contributed by atoms with Crippen LogP contribution < -0.4 is 10.6 Å². The van der Waals surface area contributed by atoms with Gasteiger partial charge in [0.05, 0.1) is 5.94 Å². The molecule has 0 spiro atoms. The molecule has 2 aromatic carbocycles. The summed E-state index contributed by atoms with van der Waals surface area (Å²) in [6.45, 7) is 2.34. The molecule has 0 unspecified atom stereocenters. The smallest absolute Gasteiger partial charge is 0.445 e. The molecule has 39 heavy (non-hydrogen) atoms. The number of amides is 3. The second kappa shape index (κ2) is 17.2. The summed E-state index contributed by atoms with van der Waals surface area (Å²) in [7, 11) is 1.28. The van der Waals surface area contributed by atoms with E-state index in [0.717, 1.165) is 11.1 Å². The van der Waals surface area contributed by atoms with E-state index < -0.39 is 43.1 Å². The number of ether oxygens (including phenoxy) is 2. The van der Waals surface area contributed by atoms with Gasteiger partial charge >= 0.3 is 13.2 Å². The highest BCUT2D eigenvalue weighted by atomic mass is 16.5. The monoisotopic (exact) mass is 541 g/mol. The Hall–Kier alpha value is -3.41. The molecule has 3 amide bonds. The van der Waals surface area contributed by atoms with Crippen LogP contribution in [0.15, 0.2) is 60.7 Å². The van der Waals surface area contributed by atoms with Gasteiger partial charge in [-0.15, -0.1) is 0 Å². The van der Waals surface area contributed by atoms with E-state index in [4.69, 9.17) is 9.47 Å². The highest BCUT2D eigenvalue weighted by molar-refractivity contribution is 6.43. The number of methoxy groups -OCH3 is 1. The van der Waals surface area contributed by atoms with Gasteiger partial charge in [-0.2, -0.15) is 0 Å². The summed E-state index contributed by atoms with van der Waals surface area (Å²) in [6, 6.07) is 16.5. The third-order valence-electron chi connectivity index (χ3n) is 6.32. The average Bonchev–Trinajstić information content (AvgIpc) is 2.94. The van der Waals surface area contributed by atoms with Gasteiger partial charge in [-0.25, -0.2) is 4.79 Å². The van der Waals surface area contributed by atoms with Crippen LogP contribution in [0.2, 0.25) is 0 Å². The summed E-state index contributed by atoms with van der Waals surface area (Å²) in [4.78, 5) is 40.9. The highest BCUT2D eigenvalue weighted by Crippen LogP contribution is 2.13. The van der Waals surface area contributed by atoms with Gasteiger partial charge in [0.2, 0.25) is 11.8 Å². The van der Waals surface area contributed by atoms with Crippen LogP contribution in [-0.2, 0) is 32.1 Å². The predicted octanol–water partition coefficient (Wildman–Crippen LogP) is 2.07. The molecule has 0 saturated heterocycles. The second-order valence-electron chi connectivity index (χ2n) is 9.37. The first kappa shape index (κ1) is 31.8. The molecule has 0 radical (unpaired) electrons. The van der Waals surface area contributed by atoms with Crippen LogP contribution >= 0.6 is 0 Å². The minimum atomic E-state index is -1.76. The SMILES string of the molecule is CCC[C@@H](C(=O)N[C@@H](CCCOC)B(O)O)N(C)C(=O)[C@@H](Cc1ccccc1)NC(=O)OCc1ccccc1. The largest absolute Gasteiger partial charge is 0.475 e.